The number of hydrogen-bond acceptors (Lipinski definition) is 5. The van der Waals surface area contributed by atoms with Crippen molar-refractivity contribution in [2.24, 2.45) is 0 Å². The Morgan fingerprint density at radius 1 is 1.00 bits per heavy atom. The van der Waals surface area contributed by atoms with Gasteiger partial charge in [0.1, 0.15) is 5.69 Å². The largest absolute Gasteiger partial charge is 0.321 e. The number of nitrogens with one attached hydrogen (secondary N) is 1. The van der Waals surface area contributed by atoms with Crippen molar-refractivity contribution in [1.29, 1.82) is 5.26 Å². The van der Waals surface area contributed by atoms with Crippen molar-refractivity contribution in [2.75, 3.05) is 11.6 Å². The van der Waals surface area contributed by atoms with Gasteiger partial charge in [-0.2, -0.15) is 10.4 Å². The second-order valence-corrected chi connectivity index (χ2v) is 9.53. The predicted molar refractivity (Wildman–Crippen MR) is 126 cm³/mol. The Morgan fingerprint density at radius 3 is 2.42 bits per heavy atom. The number of hydrogen-bond donors (Lipinski definition) is 1. The highest BCUT2D eigenvalue weighted by molar-refractivity contribution is 7.90. The number of sulfone groups is 1. The minimum Gasteiger partial charge on any atom is -0.321 e. The average Bonchev–Trinajstić information content (AvgIpc) is 3.21. The van der Waals surface area contributed by atoms with Crippen LogP contribution in [0.5, 0.6) is 0 Å². The van der Waals surface area contributed by atoms with Gasteiger partial charge < -0.3 is 5.32 Å². The molecule has 0 aliphatic rings. The molecular formula is C25H20N4O3S. The molecule has 0 spiro atoms. The van der Waals surface area contributed by atoms with E-state index in [0.29, 0.717) is 33.9 Å². The molecule has 0 unspecified atom stereocenters. The number of rotatable bonds is 5. The first kappa shape index (κ1) is 22.0. The van der Waals surface area contributed by atoms with Crippen molar-refractivity contribution in [3.63, 3.8) is 0 Å². The van der Waals surface area contributed by atoms with Gasteiger partial charge in [0.15, 0.2) is 9.84 Å². The summed E-state index contributed by atoms with van der Waals surface area (Å²) in [5, 5.41) is 16.4. The Morgan fingerprint density at radius 2 is 1.73 bits per heavy atom. The van der Waals surface area contributed by atoms with Crippen LogP contribution in [0.1, 0.15) is 21.7 Å². The summed E-state index contributed by atoms with van der Waals surface area (Å²) in [5.74, 6) is -0.359. The minimum atomic E-state index is -3.38. The number of nitrogens with zero attached hydrogens (tertiary/aromatic N) is 3. The Kier molecular flexibility index (Phi) is 5.82. The van der Waals surface area contributed by atoms with E-state index in [2.05, 4.69) is 16.5 Å². The van der Waals surface area contributed by atoms with E-state index in [1.807, 2.05) is 0 Å². The highest BCUT2D eigenvalue weighted by Crippen LogP contribution is 2.28. The molecule has 0 fully saturated rings. The first-order valence-electron chi connectivity index (χ1n) is 10.0. The number of anilines is 1. The number of amides is 1. The number of aromatic nitrogens is 2. The Balaban J connectivity index is 1.61. The van der Waals surface area contributed by atoms with Crippen molar-refractivity contribution >= 4 is 21.4 Å². The van der Waals surface area contributed by atoms with E-state index in [1.165, 1.54) is 10.9 Å². The van der Waals surface area contributed by atoms with Gasteiger partial charge in [0.2, 0.25) is 0 Å². The quantitative estimate of drug-likeness (QED) is 0.480. The molecule has 0 bridgehead atoms. The van der Waals surface area contributed by atoms with Gasteiger partial charge in [-0.05, 0) is 55.0 Å². The fourth-order valence-electron chi connectivity index (χ4n) is 3.52. The van der Waals surface area contributed by atoms with Gasteiger partial charge in [0, 0.05) is 17.5 Å². The normalized spacial score (nSPS) is 11.1. The van der Waals surface area contributed by atoms with Crippen molar-refractivity contribution < 1.29 is 13.2 Å². The fourth-order valence-corrected chi connectivity index (χ4v) is 4.43. The molecule has 0 aliphatic heterocycles. The molecule has 1 aromatic heterocycles. The lowest BCUT2D eigenvalue weighted by molar-refractivity contribution is 0.101. The van der Waals surface area contributed by atoms with Gasteiger partial charge in [-0.3, -0.25) is 4.79 Å². The minimum absolute atomic E-state index is 0.251. The molecule has 7 nitrogen and oxygen atoms in total. The summed E-state index contributed by atoms with van der Waals surface area (Å²) >= 11 is 0. The van der Waals surface area contributed by atoms with Gasteiger partial charge in [-0.1, -0.05) is 36.4 Å². The number of benzene rings is 3. The zero-order valence-electron chi connectivity index (χ0n) is 18.0. The zero-order valence-corrected chi connectivity index (χ0v) is 18.8. The molecule has 1 amide bonds. The first-order chi connectivity index (χ1) is 15.8. The molecule has 4 rings (SSSR count). The summed E-state index contributed by atoms with van der Waals surface area (Å²) in [6, 6.07) is 24.4. The summed E-state index contributed by atoms with van der Waals surface area (Å²) < 4.78 is 25.7. The van der Waals surface area contributed by atoms with E-state index < -0.39 is 9.84 Å². The Hall–Kier alpha value is -4.22. The van der Waals surface area contributed by atoms with Crippen molar-refractivity contribution in [3.8, 4) is 22.9 Å². The van der Waals surface area contributed by atoms with Crippen LogP contribution < -0.4 is 5.32 Å². The molecule has 0 saturated carbocycles. The summed E-state index contributed by atoms with van der Waals surface area (Å²) in [5.41, 5.74) is 3.95. The predicted octanol–water partition coefficient (Wildman–Crippen LogP) is 4.38. The van der Waals surface area contributed by atoms with Crippen LogP contribution in [0.25, 0.3) is 16.8 Å². The lowest BCUT2D eigenvalue weighted by Gasteiger charge is -2.11. The van der Waals surface area contributed by atoms with Crippen LogP contribution >= 0.6 is 0 Å². The molecule has 1 heterocycles. The lowest BCUT2D eigenvalue weighted by Crippen LogP contribution is -2.17. The van der Waals surface area contributed by atoms with E-state index in [1.54, 1.807) is 85.8 Å². The van der Waals surface area contributed by atoms with E-state index in [9.17, 15) is 13.2 Å². The molecule has 1 N–H and O–H groups in total. The maximum Gasteiger partial charge on any atom is 0.274 e. The molecule has 3 aromatic carbocycles. The summed E-state index contributed by atoms with van der Waals surface area (Å²) in [6.07, 6.45) is 1.18. The number of carbonyl (C=O) groups excluding carboxylic acids is 1. The van der Waals surface area contributed by atoms with Crippen LogP contribution in [-0.2, 0) is 9.84 Å². The lowest BCUT2D eigenvalue weighted by atomic mass is 10.1. The molecule has 33 heavy (non-hydrogen) atoms. The molecular weight excluding hydrogens is 436 g/mol. The van der Waals surface area contributed by atoms with Crippen LogP contribution in [0.15, 0.2) is 83.8 Å². The molecule has 0 atom stereocenters. The summed E-state index contributed by atoms with van der Waals surface area (Å²) in [7, 11) is -3.38. The smallest absolute Gasteiger partial charge is 0.274 e. The summed E-state index contributed by atoms with van der Waals surface area (Å²) in [6.45, 7) is 1.79. The van der Waals surface area contributed by atoms with Crippen molar-refractivity contribution in [3.05, 3.63) is 95.8 Å². The molecule has 0 radical (unpaired) electrons. The third kappa shape index (κ3) is 4.68. The fraction of sp³-hybridized carbons (Fsp3) is 0.0800. The highest BCUT2D eigenvalue weighted by atomic mass is 32.2. The molecule has 4 aromatic rings. The van der Waals surface area contributed by atoms with E-state index >= 15 is 0 Å². The van der Waals surface area contributed by atoms with Gasteiger partial charge in [-0.15, -0.1) is 0 Å². The third-order valence-electron chi connectivity index (χ3n) is 5.02. The zero-order chi connectivity index (χ0) is 23.6. The SMILES string of the molecule is Cc1cc(C(=O)Nc2ccc(-c3ccccc3S(C)(=O)=O)cc2)n(-c2cccc(C#N)c2)n1. The van der Waals surface area contributed by atoms with Gasteiger partial charge >= 0.3 is 0 Å². The molecule has 164 valence electrons. The van der Waals surface area contributed by atoms with E-state index in [0.717, 1.165) is 5.56 Å². The van der Waals surface area contributed by atoms with Crippen molar-refractivity contribution in [1.82, 2.24) is 9.78 Å². The number of carbonyl (C=O) groups is 1. The summed E-state index contributed by atoms with van der Waals surface area (Å²) in [4.78, 5) is 13.3. The van der Waals surface area contributed by atoms with E-state index in [-0.39, 0.29) is 10.8 Å². The van der Waals surface area contributed by atoms with Crippen LogP contribution in [-0.4, -0.2) is 30.4 Å². The average molecular weight is 457 g/mol. The molecule has 8 heteroatoms. The second-order valence-electron chi connectivity index (χ2n) is 7.54. The maximum atomic E-state index is 13.0. The monoisotopic (exact) mass is 456 g/mol. The standard InChI is InChI=1S/C25H20N4O3S/c1-17-14-23(29(28-17)21-7-5-6-18(15-21)16-26)25(30)27-20-12-10-19(11-13-20)22-8-3-4-9-24(22)33(2,31)32/h3-15H,1-2H3,(H,27,30). The first-order valence-corrected chi connectivity index (χ1v) is 11.9. The topological polar surface area (TPSA) is 105 Å². The second kappa shape index (κ2) is 8.73. The van der Waals surface area contributed by atoms with E-state index in [4.69, 9.17) is 5.26 Å². The van der Waals surface area contributed by atoms with Gasteiger partial charge in [0.25, 0.3) is 5.91 Å². The van der Waals surface area contributed by atoms with Gasteiger partial charge in [0.05, 0.1) is 27.9 Å². The molecule has 0 saturated heterocycles. The van der Waals surface area contributed by atoms with Crippen LogP contribution in [0.4, 0.5) is 5.69 Å². The number of aryl methyl sites for hydroxylation is 1. The Bertz CT molecular complexity index is 1500. The van der Waals surface area contributed by atoms with Crippen molar-refractivity contribution in [2.45, 2.75) is 11.8 Å². The van der Waals surface area contributed by atoms with Gasteiger partial charge in [-0.25, -0.2) is 13.1 Å². The highest BCUT2D eigenvalue weighted by Gasteiger charge is 2.17. The van der Waals surface area contributed by atoms with Crippen LogP contribution in [0.3, 0.4) is 0 Å². The third-order valence-corrected chi connectivity index (χ3v) is 6.18. The maximum absolute atomic E-state index is 13.0. The van der Waals surface area contributed by atoms with Crippen LogP contribution in [0, 0.1) is 18.3 Å². The number of nitriles is 1. The molecule has 0 aliphatic carbocycles. The van der Waals surface area contributed by atoms with Crippen LogP contribution in [0.2, 0.25) is 0 Å². The Labute approximate surface area is 191 Å².